The van der Waals surface area contributed by atoms with Crippen LogP contribution in [0.3, 0.4) is 0 Å². The van der Waals surface area contributed by atoms with Crippen LogP contribution < -0.4 is 18.9 Å². The van der Waals surface area contributed by atoms with Crippen molar-refractivity contribution in [3.8, 4) is 52.2 Å². The first kappa shape index (κ1) is 31.5. The van der Waals surface area contributed by atoms with E-state index in [4.69, 9.17) is 18.9 Å². The van der Waals surface area contributed by atoms with Crippen LogP contribution in [0.15, 0.2) is 128 Å². The molecule has 0 aliphatic heterocycles. The molecular weight excluding hydrogens is 638 g/mol. The molecule has 0 aliphatic rings. The van der Waals surface area contributed by atoms with Crippen molar-refractivity contribution in [3.63, 3.8) is 0 Å². The Morgan fingerprint density at radius 1 is 0.392 bits per heavy atom. The van der Waals surface area contributed by atoms with Crippen molar-refractivity contribution >= 4 is 21.8 Å². The lowest BCUT2D eigenvalue weighted by molar-refractivity contribution is 0.447. The molecule has 0 radical (unpaired) electrons. The predicted molar refractivity (Wildman–Crippen MR) is 197 cm³/mol. The molecule has 0 N–H and O–H groups in total. The average Bonchev–Trinajstić information content (AvgIpc) is 3.41. The van der Waals surface area contributed by atoms with E-state index in [0.29, 0.717) is 52.2 Å². The summed E-state index contributed by atoms with van der Waals surface area (Å²) in [5.41, 5.74) is 5.90. The maximum Gasteiger partial charge on any atom is 0.234 e. The van der Waals surface area contributed by atoms with E-state index in [1.807, 2.05) is 117 Å². The highest BCUT2D eigenvalue weighted by molar-refractivity contribution is 6.09. The van der Waals surface area contributed by atoms with Crippen LogP contribution in [-0.4, -0.2) is 24.5 Å². The SMILES string of the molecule is Cc1cc(Oc2ccc3c4ccc(Oc5cc(C)cc(Oc6cc(C)ccn6)c5)cc4n(-c4ncccn4)c3c2)cc(Oc2cc(C)ccn2)c1. The van der Waals surface area contributed by atoms with Crippen molar-refractivity contribution in [3.05, 3.63) is 150 Å². The molecule has 51 heavy (non-hydrogen) atoms. The number of aryl methyl sites for hydroxylation is 4. The van der Waals surface area contributed by atoms with Crippen LogP contribution >= 0.6 is 0 Å². The summed E-state index contributed by atoms with van der Waals surface area (Å²) in [5.74, 6) is 5.46. The van der Waals surface area contributed by atoms with Crippen molar-refractivity contribution in [2.75, 3.05) is 0 Å². The van der Waals surface area contributed by atoms with Crippen molar-refractivity contribution < 1.29 is 18.9 Å². The molecule has 8 aromatic rings. The zero-order valence-electron chi connectivity index (χ0n) is 28.5. The summed E-state index contributed by atoms with van der Waals surface area (Å²) in [6.07, 6.45) is 6.93. The molecule has 4 aromatic carbocycles. The van der Waals surface area contributed by atoms with E-state index < -0.39 is 0 Å². The number of aromatic nitrogens is 5. The van der Waals surface area contributed by atoms with Gasteiger partial charge in [0.25, 0.3) is 0 Å². The van der Waals surface area contributed by atoms with Gasteiger partial charge in [0.1, 0.15) is 34.5 Å². The summed E-state index contributed by atoms with van der Waals surface area (Å²) in [4.78, 5) is 17.9. The molecular formula is C42H33N5O4. The molecule has 0 amide bonds. The van der Waals surface area contributed by atoms with E-state index in [1.54, 1.807) is 30.9 Å². The quantitative estimate of drug-likeness (QED) is 0.150. The fourth-order valence-electron chi connectivity index (χ4n) is 6.03. The summed E-state index contributed by atoms with van der Waals surface area (Å²) in [5, 5.41) is 2.04. The van der Waals surface area contributed by atoms with Crippen LogP contribution in [0.4, 0.5) is 0 Å². The zero-order chi connectivity index (χ0) is 34.9. The van der Waals surface area contributed by atoms with Crippen LogP contribution in [0, 0.1) is 27.7 Å². The molecule has 9 heteroatoms. The van der Waals surface area contributed by atoms with Crippen LogP contribution in [0.25, 0.3) is 27.8 Å². The molecule has 4 aromatic heterocycles. The van der Waals surface area contributed by atoms with Crippen LogP contribution in [0.2, 0.25) is 0 Å². The lowest BCUT2D eigenvalue weighted by atomic mass is 10.1. The number of hydrogen-bond donors (Lipinski definition) is 0. The van der Waals surface area contributed by atoms with Crippen molar-refractivity contribution in [2.24, 2.45) is 0 Å². The number of rotatable bonds is 9. The van der Waals surface area contributed by atoms with Crippen LogP contribution in [-0.2, 0) is 0 Å². The zero-order valence-corrected chi connectivity index (χ0v) is 28.5. The Balaban J connectivity index is 1.14. The fourth-order valence-corrected chi connectivity index (χ4v) is 6.03. The summed E-state index contributed by atoms with van der Waals surface area (Å²) >= 11 is 0. The van der Waals surface area contributed by atoms with Gasteiger partial charge in [-0.15, -0.1) is 0 Å². The molecule has 250 valence electrons. The molecule has 4 heterocycles. The van der Waals surface area contributed by atoms with Gasteiger partial charge in [0.05, 0.1) is 11.0 Å². The van der Waals surface area contributed by atoms with Gasteiger partial charge in [-0.1, -0.05) is 0 Å². The highest BCUT2D eigenvalue weighted by Crippen LogP contribution is 2.38. The summed E-state index contributed by atoms with van der Waals surface area (Å²) < 4.78 is 27.0. The molecule has 0 saturated carbocycles. The molecule has 0 spiro atoms. The standard InChI is InChI=1S/C42H33N5O4/c1-26-10-14-43-40(20-26)50-34-18-28(3)16-32(22-34)48-30-6-8-36-37-9-7-31(25-39(37)47(38(36)24-30)42-45-12-5-13-46-42)49-33-17-29(4)19-35(23-33)51-41-21-27(2)11-15-44-41/h5-25H,1-4H3. The van der Waals surface area contributed by atoms with E-state index in [0.717, 1.165) is 44.1 Å². The molecule has 0 aliphatic carbocycles. The lowest BCUT2D eigenvalue weighted by Gasteiger charge is -2.12. The minimum Gasteiger partial charge on any atom is -0.457 e. The van der Waals surface area contributed by atoms with Gasteiger partial charge >= 0.3 is 0 Å². The molecule has 8 rings (SSSR count). The number of benzene rings is 4. The molecule has 0 atom stereocenters. The van der Waals surface area contributed by atoms with Crippen LogP contribution in [0.1, 0.15) is 22.3 Å². The van der Waals surface area contributed by atoms with Crippen molar-refractivity contribution in [1.29, 1.82) is 0 Å². The van der Waals surface area contributed by atoms with Gasteiger partial charge in [0, 0.05) is 72.0 Å². The Labute approximate surface area is 294 Å². The van der Waals surface area contributed by atoms with Crippen molar-refractivity contribution in [1.82, 2.24) is 24.5 Å². The smallest absolute Gasteiger partial charge is 0.234 e. The first-order chi connectivity index (χ1) is 24.8. The third-order valence-corrected chi connectivity index (χ3v) is 8.21. The number of pyridine rings is 2. The molecule has 0 fully saturated rings. The van der Waals surface area contributed by atoms with Gasteiger partial charge in [0.2, 0.25) is 17.7 Å². The second-order valence-electron chi connectivity index (χ2n) is 12.5. The Kier molecular flexibility index (Phi) is 8.21. The first-order valence-electron chi connectivity index (χ1n) is 16.5. The maximum atomic E-state index is 6.43. The van der Waals surface area contributed by atoms with Gasteiger partial charge in [-0.25, -0.2) is 19.9 Å². The molecule has 0 saturated heterocycles. The molecule has 9 nitrogen and oxygen atoms in total. The Hall–Kier alpha value is -6.74. The topological polar surface area (TPSA) is 93.4 Å². The minimum absolute atomic E-state index is 0.527. The van der Waals surface area contributed by atoms with E-state index in [9.17, 15) is 0 Å². The largest absolute Gasteiger partial charge is 0.457 e. The summed E-state index contributed by atoms with van der Waals surface area (Å²) in [6, 6.07) is 33.1. The van der Waals surface area contributed by atoms with Gasteiger partial charge in [-0.05, 0) is 117 Å². The highest BCUT2D eigenvalue weighted by Gasteiger charge is 2.17. The van der Waals surface area contributed by atoms with E-state index in [-0.39, 0.29) is 0 Å². The van der Waals surface area contributed by atoms with E-state index in [1.165, 1.54) is 0 Å². The van der Waals surface area contributed by atoms with Crippen LogP contribution in [0.5, 0.6) is 46.3 Å². The molecule has 0 unspecified atom stereocenters. The van der Waals surface area contributed by atoms with Gasteiger partial charge in [-0.2, -0.15) is 0 Å². The summed E-state index contributed by atoms with van der Waals surface area (Å²) in [7, 11) is 0. The predicted octanol–water partition coefficient (Wildman–Crippen LogP) is 10.8. The van der Waals surface area contributed by atoms with E-state index >= 15 is 0 Å². The normalized spacial score (nSPS) is 11.1. The van der Waals surface area contributed by atoms with Gasteiger partial charge < -0.3 is 18.9 Å². The lowest BCUT2D eigenvalue weighted by Crippen LogP contribution is -2.00. The highest BCUT2D eigenvalue weighted by atomic mass is 16.5. The number of fused-ring (bicyclic) bond motifs is 3. The van der Waals surface area contributed by atoms with E-state index in [2.05, 4.69) is 32.1 Å². The maximum absolute atomic E-state index is 6.43. The Bertz CT molecular complexity index is 2390. The molecule has 0 bridgehead atoms. The third-order valence-electron chi connectivity index (χ3n) is 8.21. The number of ether oxygens (including phenoxy) is 4. The third kappa shape index (κ3) is 6.91. The fraction of sp³-hybridized carbons (Fsp3) is 0.0952. The monoisotopic (exact) mass is 671 g/mol. The van der Waals surface area contributed by atoms with Gasteiger partial charge in [0.15, 0.2) is 0 Å². The Morgan fingerprint density at radius 3 is 1.29 bits per heavy atom. The second kappa shape index (κ2) is 13.3. The van der Waals surface area contributed by atoms with Gasteiger partial charge in [-0.3, -0.25) is 4.57 Å². The summed E-state index contributed by atoms with van der Waals surface area (Å²) in [6.45, 7) is 8.01. The Morgan fingerprint density at radius 2 is 0.843 bits per heavy atom. The van der Waals surface area contributed by atoms with Crippen molar-refractivity contribution in [2.45, 2.75) is 27.7 Å². The number of nitrogens with zero attached hydrogens (tertiary/aromatic N) is 5. The number of hydrogen-bond acceptors (Lipinski definition) is 8. The second-order valence-corrected chi connectivity index (χ2v) is 12.5. The minimum atomic E-state index is 0.527. The average molecular weight is 672 g/mol. The first-order valence-corrected chi connectivity index (χ1v) is 16.5.